The molecule has 2 aromatic rings. The Hall–Kier alpha value is -1.13. The molecule has 0 bridgehead atoms. The second-order valence-electron chi connectivity index (χ2n) is 6.73. The molecular weight excluding hydrogens is 492 g/mol. The van der Waals surface area contributed by atoms with Crippen molar-refractivity contribution in [2.24, 2.45) is 0 Å². The minimum atomic E-state index is -6.35. The molecule has 0 unspecified atom stereocenters. The van der Waals surface area contributed by atoms with E-state index in [0.29, 0.717) is 22.3 Å². The third-order valence-corrected chi connectivity index (χ3v) is 15.0. The summed E-state index contributed by atoms with van der Waals surface area (Å²) in [5.74, 6) is 0. The molecule has 0 fully saturated rings. The van der Waals surface area contributed by atoms with Gasteiger partial charge in [-0.15, -0.1) is 0 Å². The van der Waals surface area contributed by atoms with E-state index in [4.69, 9.17) is 0 Å². The van der Waals surface area contributed by atoms with E-state index in [2.05, 4.69) is 0 Å². The van der Waals surface area contributed by atoms with Gasteiger partial charge in [-0.05, 0) is 0 Å². The third kappa shape index (κ3) is 3.51. The van der Waals surface area contributed by atoms with Gasteiger partial charge < -0.3 is 0 Å². The van der Waals surface area contributed by atoms with E-state index in [-0.39, 0.29) is 7.14 Å². The number of hydrogen-bond donors (Lipinski definition) is 0. The van der Waals surface area contributed by atoms with Crippen molar-refractivity contribution < 1.29 is 43.6 Å². The van der Waals surface area contributed by atoms with E-state index >= 15 is 2.86 Å². The number of alkyl halides is 3. The van der Waals surface area contributed by atoms with Crippen LogP contribution in [-0.2, 0) is 10.1 Å². The van der Waals surface area contributed by atoms with Gasteiger partial charge in [-0.3, -0.25) is 0 Å². The normalized spacial score (nSPS) is 13.7. The Morgan fingerprint density at radius 3 is 1.26 bits per heavy atom. The van der Waals surface area contributed by atoms with E-state index in [1.807, 2.05) is 0 Å². The molecule has 0 aliphatic rings. The van der Waals surface area contributed by atoms with Crippen LogP contribution in [0.1, 0.15) is 33.4 Å². The summed E-state index contributed by atoms with van der Waals surface area (Å²) in [6.07, 6.45) is 0. The summed E-state index contributed by atoms with van der Waals surface area (Å²) in [5, 5.41) is 0. The first kappa shape index (κ1) is 22.2. The fraction of sp³-hybridized carbons (Fsp3) is 0.368. The van der Waals surface area contributed by atoms with E-state index in [9.17, 15) is 21.8 Å². The number of rotatable bonds is 4. The average molecular weight is 514 g/mol. The summed E-state index contributed by atoms with van der Waals surface area (Å²) in [6.45, 7) is 10.1. The molecule has 0 aromatic heterocycles. The summed E-state index contributed by atoms with van der Waals surface area (Å²) in [5.41, 5.74) is 3.86. The van der Waals surface area contributed by atoms with Gasteiger partial charge in [0.15, 0.2) is 0 Å². The van der Waals surface area contributed by atoms with Crippen molar-refractivity contribution in [2.45, 2.75) is 44.8 Å². The standard InChI is InChI=1S/C19H23F3IO3S/c1-11-7-17(8-12(2)15(11)5)23(22,19(20,21)27(24,25)26)18-9-13(3)16(6)14(4)10-18/h7-10H,1-6H3,(H,24,25,26)/q-1/p-1. The van der Waals surface area contributed by atoms with Crippen molar-refractivity contribution in [2.75, 3.05) is 0 Å². The summed E-state index contributed by atoms with van der Waals surface area (Å²) in [4.78, 5) is 0. The Morgan fingerprint density at radius 2 is 1.04 bits per heavy atom. The number of benzene rings is 2. The van der Waals surface area contributed by atoms with Gasteiger partial charge >= 0.3 is 163 Å². The van der Waals surface area contributed by atoms with Crippen LogP contribution in [0.5, 0.6) is 0 Å². The van der Waals surface area contributed by atoms with Crippen LogP contribution in [-0.4, -0.2) is 16.2 Å². The quantitative estimate of drug-likeness (QED) is 0.355. The molecule has 0 N–H and O–H groups in total. The van der Waals surface area contributed by atoms with Gasteiger partial charge in [0.05, 0.1) is 0 Å². The van der Waals surface area contributed by atoms with Crippen LogP contribution in [0.2, 0.25) is 0 Å². The molecular formula is C19H22F3IO3S-2. The van der Waals surface area contributed by atoms with E-state index in [1.54, 1.807) is 41.5 Å². The molecule has 2 aromatic carbocycles. The fourth-order valence-electron chi connectivity index (χ4n) is 2.78. The van der Waals surface area contributed by atoms with E-state index in [1.165, 1.54) is 24.3 Å². The maximum absolute atomic E-state index is 16.4. The molecule has 0 saturated heterocycles. The second-order valence-corrected chi connectivity index (χ2v) is 15.6. The van der Waals surface area contributed by atoms with Gasteiger partial charge in [0.1, 0.15) is 0 Å². The monoisotopic (exact) mass is 514 g/mol. The molecule has 0 aliphatic heterocycles. The van der Waals surface area contributed by atoms with Crippen LogP contribution in [0.15, 0.2) is 24.3 Å². The first-order valence-electron chi connectivity index (χ1n) is 8.10. The number of aryl methyl sites for hydroxylation is 4. The molecule has 0 amide bonds. The van der Waals surface area contributed by atoms with Crippen LogP contribution in [0, 0.1) is 48.7 Å². The predicted molar refractivity (Wildman–Crippen MR) is 94.5 cm³/mol. The maximum atomic E-state index is 16.4. The van der Waals surface area contributed by atoms with Crippen LogP contribution in [0.4, 0.5) is 11.6 Å². The topological polar surface area (TPSA) is 57.2 Å². The molecule has 0 atom stereocenters. The van der Waals surface area contributed by atoms with Gasteiger partial charge in [0, 0.05) is 0 Å². The van der Waals surface area contributed by atoms with E-state index in [0.717, 1.165) is 11.1 Å². The van der Waals surface area contributed by atoms with Crippen LogP contribution >= 0.6 is 0 Å². The number of halogens is 4. The number of hydrogen-bond acceptors (Lipinski definition) is 3. The molecule has 27 heavy (non-hydrogen) atoms. The molecule has 0 aliphatic carbocycles. The van der Waals surface area contributed by atoms with Crippen molar-refractivity contribution in [1.29, 1.82) is 0 Å². The molecule has 0 heterocycles. The Kier molecular flexibility index (Phi) is 5.78. The van der Waals surface area contributed by atoms with Crippen molar-refractivity contribution in [3.05, 3.63) is 64.8 Å². The van der Waals surface area contributed by atoms with Gasteiger partial charge in [-0.25, -0.2) is 0 Å². The summed E-state index contributed by atoms with van der Waals surface area (Å²) < 4.78 is 74.6. The SMILES string of the molecule is Cc1cc([I-](F)(c2cc(C)c(C)c(C)c2)C(F)(F)S(=O)(=O)[O-])cc(C)c1C. The zero-order chi connectivity index (χ0) is 20.9. The van der Waals surface area contributed by atoms with Crippen molar-refractivity contribution in [1.82, 2.24) is 0 Å². The van der Waals surface area contributed by atoms with Gasteiger partial charge in [-0.2, -0.15) is 0 Å². The first-order chi connectivity index (χ1) is 12.1. The van der Waals surface area contributed by atoms with Crippen LogP contribution < -0.4 is 19.0 Å². The van der Waals surface area contributed by atoms with Crippen molar-refractivity contribution in [3.8, 4) is 0 Å². The van der Waals surface area contributed by atoms with E-state index < -0.39 is 32.4 Å². The first-order valence-corrected chi connectivity index (χ1v) is 13.6. The molecule has 0 radical (unpaired) electrons. The molecule has 152 valence electrons. The van der Waals surface area contributed by atoms with Crippen molar-refractivity contribution in [3.63, 3.8) is 0 Å². The van der Waals surface area contributed by atoms with Gasteiger partial charge in [0.2, 0.25) is 0 Å². The molecule has 0 saturated carbocycles. The van der Waals surface area contributed by atoms with Crippen LogP contribution in [0.25, 0.3) is 0 Å². The molecule has 3 nitrogen and oxygen atoms in total. The Morgan fingerprint density at radius 1 is 0.778 bits per heavy atom. The summed E-state index contributed by atoms with van der Waals surface area (Å²) in [6, 6.07) is 5.01. The van der Waals surface area contributed by atoms with Crippen LogP contribution in [0.3, 0.4) is 0 Å². The average Bonchev–Trinajstić information content (AvgIpc) is 2.54. The zero-order valence-electron chi connectivity index (χ0n) is 16.0. The van der Waals surface area contributed by atoms with Gasteiger partial charge in [0.25, 0.3) is 0 Å². The predicted octanol–water partition coefficient (Wildman–Crippen LogP) is 1.72. The molecule has 8 heteroatoms. The summed E-state index contributed by atoms with van der Waals surface area (Å²) in [7, 11) is -6.21. The third-order valence-electron chi connectivity index (χ3n) is 4.97. The Bertz CT molecular complexity index is 913. The zero-order valence-corrected chi connectivity index (χ0v) is 18.9. The minimum absolute atomic E-state index is 0.380. The van der Waals surface area contributed by atoms with Gasteiger partial charge in [-0.1, -0.05) is 0 Å². The second kappa shape index (κ2) is 7.04. The Balaban J connectivity index is 2.99. The molecule has 0 spiro atoms. The molecule has 2 rings (SSSR count). The fourth-order valence-corrected chi connectivity index (χ4v) is 12.2. The summed E-state index contributed by atoms with van der Waals surface area (Å²) >= 11 is -6.35. The van der Waals surface area contributed by atoms with Crippen molar-refractivity contribution >= 4 is 10.1 Å². The Labute approximate surface area is 163 Å².